The topological polar surface area (TPSA) is 93.5 Å². The molecule has 0 unspecified atom stereocenters. The van der Waals surface area contributed by atoms with E-state index in [4.69, 9.17) is 11.1 Å². The van der Waals surface area contributed by atoms with Crippen LogP contribution in [0.3, 0.4) is 0 Å². The molecule has 0 aliphatic heterocycles. The fraction of sp³-hybridized carbons (Fsp3) is 0. The summed E-state index contributed by atoms with van der Waals surface area (Å²) in [6.45, 7) is 0. The maximum absolute atomic E-state index is 13.3. The van der Waals surface area contributed by atoms with Crippen LogP contribution in [0.2, 0.25) is 0 Å². The molecule has 0 amide bonds. The van der Waals surface area contributed by atoms with Gasteiger partial charge in [0.1, 0.15) is 11.7 Å². The van der Waals surface area contributed by atoms with Gasteiger partial charge in [-0.1, -0.05) is 30.3 Å². The average Bonchev–Trinajstić information content (AvgIpc) is 2.97. The molecule has 6 nitrogen and oxygen atoms in total. The van der Waals surface area contributed by atoms with E-state index < -0.39 is 5.82 Å². The minimum absolute atomic E-state index is 0.215. The number of nitrogens with one attached hydrogen (secondary N) is 1. The summed E-state index contributed by atoms with van der Waals surface area (Å²) in [6, 6.07) is 13.2. The molecule has 3 N–H and O–H groups in total. The van der Waals surface area contributed by atoms with Crippen LogP contribution in [0.5, 0.6) is 0 Å². The third kappa shape index (κ3) is 2.48. The molecule has 21 heavy (non-hydrogen) atoms. The van der Waals surface area contributed by atoms with Crippen LogP contribution in [0.1, 0.15) is 5.56 Å². The number of hydrogen-bond acceptors (Lipinski definition) is 4. The molecule has 0 aliphatic carbocycles. The summed E-state index contributed by atoms with van der Waals surface area (Å²) in [5, 5.41) is 19.7. The second-order valence-electron chi connectivity index (χ2n) is 4.34. The molecule has 0 saturated carbocycles. The summed E-state index contributed by atoms with van der Waals surface area (Å²) in [4.78, 5) is 1.23. The Morgan fingerprint density at radius 3 is 2.62 bits per heavy atom. The van der Waals surface area contributed by atoms with Crippen LogP contribution < -0.4 is 5.73 Å². The van der Waals surface area contributed by atoms with E-state index in [1.54, 1.807) is 0 Å². The molecular weight excluding hydrogens is 271 g/mol. The zero-order valence-electron chi connectivity index (χ0n) is 10.9. The number of halogens is 1. The quantitative estimate of drug-likeness (QED) is 0.565. The number of nitrogens with zero attached hydrogens (tertiary/aromatic N) is 4. The van der Waals surface area contributed by atoms with E-state index in [0.717, 1.165) is 5.56 Å². The van der Waals surface area contributed by atoms with E-state index in [-0.39, 0.29) is 11.4 Å². The number of rotatable bonds is 3. The van der Waals surface area contributed by atoms with Gasteiger partial charge in [-0.05, 0) is 23.4 Å². The molecule has 104 valence electrons. The first kappa shape index (κ1) is 12.9. The molecule has 0 aliphatic rings. The van der Waals surface area contributed by atoms with Gasteiger partial charge in [-0.3, -0.25) is 5.41 Å². The van der Waals surface area contributed by atoms with Gasteiger partial charge in [-0.2, -0.15) is 0 Å². The van der Waals surface area contributed by atoms with Crippen molar-refractivity contribution >= 4 is 5.84 Å². The third-order valence-electron chi connectivity index (χ3n) is 2.91. The lowest BCUT2D eigenvalue weighted by atomic mass is 10.1. The summed E-state index contributed by atoms with van der Waals surface area (Å²) in [5.41, 5.74) is 6.90. The first-order valence-corrected chi connectivity index (χ1v) is 6.15. The number of amidine groups is 1. The lowest BCUT2D eigenvalue weighted by Gasteiger charge is -2.05. The van der Waals surface area contributed by atoms with Crippen molar-refractivity contribution in [2.75, 3.05) is 0 Å². The Balaban J connectivity index is 2.07. The monoisotopic (exact) mass is 282 g/mol. The minimum atomic E-state index is -0.479. The van der Waals surface area contributed by atoms with Crippen molar-refractivity contribution < 1.29 is 4.39 Å². The van der Waals surface area contributed by atoms with Crippen LogP contribution in [0.4, 0.5) is 4.39 Å². The molecule has 0 bridgehead atoms. The lowest BCUT2D eigenvalue weighted by Crippen LogP contribution is -2.16. The van der Waals surface area contributed by atoms with E-state index in [9.17, 15) is 4.39 Å². The van der Waals surface area contributed by atoms with Gasteiger partial charge in [-0.25, -0.2) is 4.39 Å². The molecule has 0 radical (unpaired) electrons. The SMILES string of the molecule is N=C(N)c1cc(F)ccc1-n1nnc(-c2ccccc2)n1. The zero-order chi connectivity index (χ0) is 14.8. The van der Waals surface area contributed by atoms with E-state index in [1.807, 2.05) is 30.3 Å². The van der Waals surface area contributed by atoms with Gasteiger partial charge in [0.15, 0.2) is 0 Å². The summed E-state index contributed by atoms with van der Waals surface area (Å²) in [7, 11) is 0. The van der Waals surface area contributed by atoms with Gasteiger partial charge in [0.25, 0.3) is 0 Å². The van der Waals surface area contributed by atoms with Gasteiger partial charge in [-0.15, -0.1) is 15.0 Å². The van der Waals surface area contributed by atoms with Crippen molar-refractivity contribution in [2.45, 2.75) is 0 Å². The molecule has 1 aromatic heterocycles. The molecule has 0 spiro atoms. The van der Waals surface area contributed by atoms with E-state index in [2.05, 4.69) is 15.4 Å². The highest BCUT2D eigenvalue weighted by Crippen LogP contribution is 2.17. The standard InChI is InChI=1S/C14H11FN6/c15-10-6-7-12(11(8-10)13(16)17)21-19-14(18-20-21)9-4-2-1-3-5-9/h1-8H,(H3,16,17). The molecule has 0 fully saturated rings. The van der Waals surface area contributed by atoms with Crippen molar-refractivity contribution in [3.05, 3.63) is 59.9 Å². The summed E-state index contributed by atoms with van der Waals surface area (Å²) >= 11 is 0. The predicted molar refractivity (Wildman–Crippen MR) is 75.6 cm³/mol. The number of nitrogen functional groups attached to an aromatic ring is 1. The van der Waals surface area contributed by atoms with E-state index in [0.29, 0.717) is 11.5 Å². The first-order chi connectivity index (χ1) is 10.1. The fourth-order valence-corrected chi connectivity index (χ4v) is 1.92. The highest BCUT2D eigenvalue weighted by atomic mass is 19.1. The second kappa shape index (κ2) is 5.12. The molecular formula is C14H11FN6. The van der Waals surface area contributed by atoms with Gasteiger partial charge >= 0.3 is 0 Å². The van der Waals surface area contributed by atoms with E-state index >= 15 is 0 Å². The fourth-order valence-electron chi connectivity index (χ4n) is 1.92. The van der Waals surface area contributed by atoms with Crippen molar-refractivity contribution in [1.82, 2.24) is 20.2 Å². The predicted octanol–water partition coefficient (Wildman–Crippen LogP) is 1.75. The lowest BCUT2D eigenvalue weighted by molar-refractivity contribution is 0.624. The van der Waals surface area contributed by atoms with Crippen molar-refractivity contribution in [3.63, 3.8) is 0 Å². The highest BCUT2D eigenvalue weighted by Gasteiger charge is 2.13. The van der Waals surface area contributed by atoms with Crippen LogP contribution in [0.25, 0.3) is 17.1 Å². The van der Waals surface area contributed by atoms with Gasteiger partial charge < -0.3 is 5.73 Å². The first-order valence-electron chi connectivity index (χ1n) is 6.15. The van der Waals surface area contributed by atoms with Gasteiger partial charge in [0.2, 0.25) is 5.82 Å². The number of nitrogens with two attached hydrogens (primary N) is 1. The average molecular weight is 282 g/mol. The molecule has 1 heterocycles. The molecule has 3 rings (SSSR count). The Hall–Kier alpha value is -3.09. The number of aromatic nitrogens is 4. The van der Waals surface area contributed by atoms with Crippen LogP contribution in [0, 0.1) is 11.2 Å². The third-order valence-corrected chi connectivity index (χ3v) is 2.91. The summed E-state index contributed by atoms with van der Waals surface area (Å²) in [5.74, 6) is -0.301. The molecule has 2 aromatic carbocycles. The van der Waals surface area contributed by atoms with Crippen molar-refractivity contribution in [2.24, 2.45) is 5.73 Å². The number of hydrogen-bond donors (Lipinski definition) is 2. The molecule has 0 atom stereocenters. The largest absolute Gasteiger partial charge is 0.384 e. The highest BCUT2D eigenvalue weighted by molar-refractivity contribution is 5.98. The smallest absolute Gasteiger partial charge is 0.205 e. The molecule has 3 aromatic rings. The Bertz CT molecular complexity index is 796. The maximum atomic E-state index is 13.3. The summed E-state index contributed by atoms with van der Waals surface area (Å²) < 4.78 is 13.3. The van der Waals surface area contributed by atoms with Crippen LogP contribution in [-0.2, 0) is 0 Å². The zero-order valence-corrected chi connectivity index (χ0v) is 10.9. The Morgan fingerprint density at radius 2 is 1.90 bits per heavy atom. The van der Waals surface area contributed by atoms with Crippen LogP contribution in [-0.4, -0.2) is 26.0 Å². The normalized spacial score (nSPS) is 10.5. The Labute approximate surface area is 119 Å². The maximum Gasteiger partial charge on any atom is 0.205 e. The summed E-state index contributed by atoms with van der Waals surface area (Å²) in [6.07, 6.45) is 0. The van der Waals surface area contributed by atoms with Crippen molar-refractivity contribution in [1.29, 1.82) is 5.41 Å². The Kier molecular flexibility index (Phi) is 3.15. The van der Waals surface area contributed by atoms with Gasteiger partial charge in [0.05, 0.1) is 5.69 Å². The number of tetrazole rings is 1. The van der Waals surface area contributed by atoms with Crippen molar-refractivity contribution in [3.8, 4) is 17.1 Å². The molecule has 0 saturated heterocycles. The molecule has 7 heteroatoms. The van der Waals surface area contributed by atoms with Gasteiger partial charge in [0, 0.05) is 11.1 Å². The van der Waals surface area contributed by atoms with Crippen LogP contribution in [0.15, 0.2) is 48.5 Å². The number of benzene rings is 2. The van der Waals surface area contributed by atoms with E-state index in [1.165, 1.54) is 23.0 Å². The van der Waals surface area contributed by atoms with Crippen LogP contribution >= 0.6 is 0 Å². The second-order valence-corrected chi connectivity index (χ2v) is 4.34. The minimum Gasteiger partial charge on any atom is -0.384 e. The Morgan fingerprint density at radius 1 is 1.14 bits per heavy atom.